The molecule has 3 rings (SSSR count). The van der Waals surface area contributed by atoms with E-state index < -0.39 is 10.8 Å². The Morgan fingerprint density at radius 1 is 1.10 bits per heavy atom. The molecule has 2 aromatic carbocycles. The van der Waals surface area contributed by atoms with Crippen LogP contribution >= 0.6 is 0 Å². The standard InChI is InChI=1S/C21H25N3O6/c1-3-29-17-11-15(12-18(14-17)30-4-2)21(25)22-16-5-6-19(20(13-16)24(26)27)23-7-9-28-10-8-23/h5-6,11-14H,3-4,7-10H2,1-2H3,(H,22,25). The van der Waals surface area contributed by atoms with Gasteiger partial charge in [0.05, 0.1) is 31.4 Å². The van der Waals surface area contributed by atoms with Crippen molar-refractivity contribution in [3.8, 4) is 11.5 Å². The number of ether oxygens (including phenoxy) is 3. The van der Waals surface area contributed by atoms with Gasteiger partial charge in [-0.05, 0) is 38.1 Å². The molecule has 9 heteroatoms. The van der Waals surface area contributed by atoms with Crippen molar-refractivity contribution in [1.29, 1.82) is 0 Å². The molecule has 1 fully saturated rings. The fraction of sp³-hybridized carbons (Fsp3) is 0.381. The van der Waals surface area contributed by atoms with E-state index in [1.807, 2.05) is 18.7 Å². The smallest absolute Gasteiger partial charge is 0.294 e. The largest absolute Gasteiger partial charge is 0.494 e. The quantitative estimate of drug-likeness (QED) is 0.520. The van der Waals surface area contributed by atoms with Gasteiger partial charge in [0.25, 0.3) is 11.6 Å². The molecular weight excluding hydrogens is 390 g/mol. The molecule has 30 heavy (non-hydrogen) atoms. The van der Waals surface area contributed by atoms with Crippen LogP contribution in [0.4, 0.5) is 17.1 Å². The van der Waals surface area contributed by atoms with E-state index in [0.29, 0.717) is 68.0 Å². The number of hydrogen-bond donors (Lipinski definition) is 1. The van der Waals surface area contributed by atoms with Crippen molar-refractivity contribution in [1.82, 2.24) is 0 Å². The Bertz CT molecular complexity index is 887. The second-order valence-corrected chi connectivity index (χ2v) is 6.57. The van der Waals surface area contributed by atoms with E-state index in [1.165, 1.54) is 6.07 Å². The maximum atomic E-state index is 12.8. The molecule has 0 saturated carbocycles. The zero-order valence-corrected chi connectivity index (χ0v) is 17.1. The summed E-state index contributed by atoms with van der Waals surface area (Å²) in [6.45, 7) is 6.80. The molecule has 1 amide bonds. The second kappa shape index (κ2) is 9.93. The topological polar surface area (TPSA) is 103 Å². The number of morpholine rings is 1. The number of nitrogens with one attached hydrogen (secondary N) is 1. The zero-order valence-electron chi connectivity index (χ0n) is 17.1. The molecule has 9 nitrogen and oxygen atoms in total. The predicted octanol–water partition coefficient (Wildman–Crippen LogP) is 3.48. The molecule has 1 heterocycles. The Morgan fingerprint density at radius 2 is 1.73 bits per heavy atom. The molecule has 160 valence electrons. The van der Waals surface area contributed by atoms with Crippen LogP contribution < -0.4 is 19.7 Å². The molecular formula is C21H25N3O6. The zero-order chi connectivity index (χ0) is 21.5. The minimum Gasteiger partial charge on any atom is -0.494 e. The van der Waals surface area contributed by atoms with Gasteiger partial charge in [-0.3, -0.25) is 14.9 Å². The number of nitro benzene ring substituents is 1. The number of rotatable bonds is 8. The van der Waals surface area contributed by atoms with Gasteiger partial charge >= 0.3 is 0 Å². The van der Waals surface area contributed by atoms with Gasteiger partial charge in [0.15, 0.2) is 0 Å². The number of benzene rings is 2. The van der Waals surface area contributed by atoms with Crippen molar-refractivity contribution >= 4 is 23.0 Å². The molecule has 0 radical (unpaired) electrons. The number of carbonyl (C=O) groups is 1. The summed E-state index contributed by atoms with van der Waals surface area (Å²) in [6, 6.07) is 9.62. The molecule has 1 aliphatic rings. The minimum atomic E-state index is -0.441. The summed E-state index contributed by atoms with van der Waals surface area (Å²) in [7, 11) is 0. The van der Waals surface area contributed by atoms with Crippen LogP contribution in [-0.2, 0) is 4.74 Å². The Labute approximate surface area is 174 Å². The average molecular weight is 415 g/mol. The number of amides is 1. The molecule has 0 unspecified atom stereocenters. The van der Waals surface area contributed by atoms with Gasteiger partial charge in [-0.15, -0.1) is 0 Å². The first-order valence-electron chi connectivity index (χ1n) is 9.85. The molecule has 0 aromatic heterocycles. The Kier molecular flexibility index (Phi) is 7.08. The SMILES string of the molecule is CCOc1cc(OCC)cc(C(=O)Nc2ccc(N3CCOCC3)c([N+](=O)[O-])c2)c1. The van der Waals surface area contributed by atoms with Crippen LogP contribution in [0.2, 0.25) is 0 Å². The van der Waals surface area contributed by atoms with Crippen molar-refractivity contribution in [3.63, 3.8) is 0 Å². The predicted molar refractivity (Wildman–Crippen MR) is 113 cm³/mol. The lowest BCUT2D eigenvalue weighted by atomic mass is 10.1. The lowest BCUT2D eigenvalue weighted by Crippen LogP contribution is -2.36. The highest BCUT2D eigenvalue weighted by atomic mass is 16.6. The lowest BCUT2D eigenvalue weighted by Gasteiger charge is -2.28. The van der Waals surface area contributed by atoms with Gasteiger partial charge in [-0.1, -0.05) is 0 Å². The highest BCUT2D eigenvalue weighted by Crippen LogP contribution is 2.32. The summed E-state index contributed by atoms with van der Waals surface area (Å²) < 4.78 is 16.3. The third-order valence-corrected chi connectivity index (χ3v) is 4.55. The first-order chi connectivity index (χ1) is 14.5. The molecule has 1 aliphatic heterocycles. The van der Waals surface area contributed by atoms with Crippen LogP contribution in [0.3, 0.4) is 0 Å². The second-order valence-electron chi connectivity index (χ2n) is 6.57. The Morgan fingerprint density at radius 3 is 2.30 bits per heavy atom. The summed E-state index contributed by atoms with van der Waals surface area (Å²) in [5.41, 5.74) is 1.12. The lowest BCUT2D eigenvalue weighted by molar-refractivity contribution is -0.384. The van der Waals surface area contributed by atoms with Gasteiger partial charge in [0.2, 0.25) is 0 Å². The third-order valence-electron chi connectivity index (χ3n) is 4.55. The first kappa shape index (κ1) is 21.4. The van der Waals surface area contributed by atoms with Crippen LogP contribution in [0.5, 0.6) is 11.5 Å². The molecule has 0 bridgehead atoms. The van der Waals surface area contributed by atoms with E-state index in [1.54, 1.807) is 30.3 Å². The van der Waals surface area contributed by atoms with E-state index in [0.717, 1.165) is 0 Å². The molecule has 1 saturated heterocycles. The normalized spacial score (nSPS) is 13.6. The Balaban J connectivity index is 1.84. The average Bonchev–Trinajstić information content (AvgIpc) is 2.74. The van der Waals surface area contributed by atoms with E-state index in [4.69, 9.17) is 14.2 Å². The maximum absolute atomic E-state index is 12.8. The summed E-state index contributed by atoms with van der Waals surface area (Å²) in [6.07, 6.45) is 0. The minimum absolute atomic E-state index is 0.0622. The molecule has 0 spiro atoms. The van der Waals surface area contributed by atoms with Gasteiger partial charge in [0.1, 0.15) is 17.2 Å². The molecule has 0 atom stereocenters. The highest BCUT2D eigenvalue weighted by molar-refractivity contribution is 6.05. The van der Waals surface area contributed by atoms with Crippen LogP contribution in [-0.4, -0.2) is 50.3 Å². The van der Waals surface area contributed by atoms with E-state index >= 15 is 0 Å². The number of nitrogens with zero attached hydrogens (tertiary/aromatic N) is 2. The fourth-order valence-electron chi connectivity index (χ4n) is 3.23. The summed E-state index contributed by atoms with van der Waals surface area (Å²) >= 11 is 0. The van der Waals surface area contributed by atoms with Crippen molar-refractivity contribution in [3.05, 3.63) is 52.1 Å². The number of nitro groups is 1. The molecule has 1 N–H and O–H groups in total. The van der Waals surface area contributed by atoms with Crippen LogP contribution in [0, 0.1) is 10.1 Å². The number of hydrogen-bond acceptors (Lipinski definition) is 7. The monoisotopic (exact) mass is 415 g/mol. The van der Waals surface area contributed by atoms with Gasteiger partial charge < -0.3 is 24.4 Å². The van der Waals surface area contributed by atoms with E-state index in [9.17, 15) is 14.9 Å². The van der Waals surface area contributed by atoms with Crippen LogP contribution in [0.15, 0.2) is 36.4 Å². The van der Waals surface area contributed by atoms with Gasteiger partial charge in [-0.2, -0.15) is 0 Å². The number of anilines is 2. The van der Waals surface area contributed by atoms with Gasteiger partial charge in [0, 0.05) is 36.5 Å². The van der Waals surface area contributed by atoms with Crippen molar-refractivity contribution in [2.24, 2.45) is 0 Å². The molecule has 2 aromatic rings. The first-order valence-corrected chi connectivity index (χ1v) is 9.85. The van der Waals surface area contributed by atoms with Crippen LogP contribution in [0.25, 0.3) is 0 Å². The fourth-order valence-corrected chi connectivity index (χ4v) is 3.23. The summed E-state index contributed by atoms with van der Waals surface area (Å²) in [5.74, 6) is 0.621. The number of carbonyl (C=O) groups excluding carboxylic acids is 1. The van der Waals surface area contributed by atoms with Crippen molar-refractivity contribution < 1.29 is 23.9 Å². The van der Waals surface area contributed by atoms with E-state index in [2.05, 4.69) is 5.32 Å². The maximum Gasteiger partial charge on any atom is 0.294 e. The summed E-state index contributed by atoms with van der Waals surface area (Å²) in [5, 5.41) is 14.3. The highest BCUT2D eigenvalue weighted by Gasteiger charge is 2.22. The third kappa shape index (κ3) is 5.18. The van der Waals surface area contributed by atoms with Crippen molar-refractivity contribution in [2.75, 3.05) is 49.7 Å². The summed E-state index contributed by atoms with van der Waals surface area (Å²) in [4.78, 5) is 25.9. The van der Waals surface area contributed by atoms with E-state index in [-0.39, 0.29) is 5.69 Å². The Hall–Kier alpha value is -3.33. The van der Waals surface area contributed by atoms with Crippen LogP contribution in [0.1, 0.15) is 24.2 Å². The van der Waals surface area contributed by atoms with Gasteiger partial charge in [-0.25, -0.2) is 0 Å². The molecule has 0 aliphatic carbocycles. The van der Waals surface area contributed by atoms with Crippen molar-refractivity contribution in [2.45, 2.75) is 13.8 Å².